The maximum atomic E-state index is 14.3. The molecule has 0 atom stereocenters. The molecule has 2 saturated heterocycles. The van der Waals surface area contributed by atoms with Gasteiger partial charge >= 0.3 is 10.4 Å². The van der Waals surface area contributed by atoms with Crippen molar-refractivity contribution in [1.82, 2.24) is 30.2 Å². The molecule has 2 aromatic heterocycles. The van der Waals surface area contributed by atoms with Crippen LogP contribution in [-0.4, -0.2) is 108 Å². The number of aromatic nitrogens is 4. The van der Waals surface area contributed by atoms with Crippen LogP contribution in [0.2, 0.25) is 0 Å². The van der Waals surface area contributed by atoms with Crippen molar-refractivity contribution in [3.05, 3.63) is 93.9 Å². The number of methoxy groups -OCH3 is 2. The van der Waals surface area contributed by atoms with Gasteiger partial charge in [0.15, 0.2) is 23.0 Å². The lowest BCUT2D eigenvalue weighted by Crippen LogP contribution is -2.32. The van der Waals surface area contributed by atoms with E-state index in [1.54, 1.807) is 50.6 Å². The Morgan fingerprint density at radius 3 is 1.58 bits per heavy atom. The predicted octanol–water partition coefficient (Wildman–Crippen LogP) is 9.83. The standard InChI is InChI=1S/C22H24BrFN4O2.C21H22BrFN4O2.C2H6O4S.CH4/c1-28-7-5-14(6-8-28)12-30-21-11-19-16(10-20(21)29-2)22(26-13-25-19)27-18-4-3-15(23)9-17(18)24;1-28-19-9-15-18(10-20(19)29-11-13-4-6-24-7-5-13)25-12-26-21(15)27-17-3-2-14(22)8-16(17)23;1-5-7(3,4)6-2;/h3-4,9-11,13-14H,5-8,12H2,1-2H3,(H,25,26,27);2-3,8-10,12-13,24H,4-7,11H2,1H3,(H,25,26,27);1-2H3;1H4/i1D3;;1D3,2D3;. The van der Waals surface area contributed by atoms with Crippen molar-refractivity contribution in [3.63, 3.8) is 0 Å². The van der Waals surface area contributed by atoms with Gasteiger partial charge in [-0.25, -0.2) is 28.7 Å². The maximum absolute atomic E-state index is 14.3. The number of piperidine rings is 2. The third-order valence-electron chi connectivity index (χ3n) is 10.4. The quantitative estimate of drug-likeness (QED) is 0.0937. The van der Waals surface area contributed by atoms with Crippen LogP contribution in [0.4, 0.5) is 31.8 Å². The molecule has 67 heavy (non-hydrogen) atoms. The van der Waals surface area contributed by atoms with Gasteiger partial charge in [-0.3, -0.25) is 8.37 Å². The second kappa shape index (κ2) is 25.4. The molecule has 16 nitrogen and oxygen atoms in total. The van der Waals surface area contributed by atoms with E-state index >= 15 is 0 Å². The molecule has 3 N–H and O–H groups in total. The monoisotopic (exact) mass is 1090 g/mol. The van der Waals surface area contributed by atoms with Gasteiger partial charge in [-0.15, -0.1) is 0 Å². The number of rotatable bonds is 14. The number of ether oxygens (including phenoxy) is 4. The summed E-state index contributed by atoms with van der Waals surface area (Å²) in [5.74, 6) is 3.25. The molecule has 0 saturated carbocycles. The zero-order valence-corrected chi connectivity index (χ0v) is 39.6. The zero-order chi connectivity index (χ0) is 54.7. The fourth-order valence-corrected chi connectivity index (χ4v) is 7.59. The van der Waals surface area contributed by atoms with Gasteiger partial charge in [0.05, 0.1) is 72.1 Å². The molecule has 2 fully saturated rings. The molecule has 6 aromatic rings. The highest BCUT2D eigenvalue weighted by atomic mass is 79.9. The van der Waals surface area contributed by atoms with Crippen molar-refractivity contribution >= 4 is 87.1 Å². The lowest BCUT2D eigenvalue weighted by atomic mass is 9.98. The van der Waals surface area contributed by atoms with E-state index in [9.17, 15) is 17.2 Å². The van der Waals surface area contributed by atoms with Crippen LogP contribution in [0.1, 0.15) is 45.4 Å². The van der Waals surface area contributed by atoms with E-state index in [0.29, 0.717) is 104 Å². The minimum atomic E-state index is -5.02. The molecule has 0 unspecified atom stereocenters. The lowest BCUT2D eigenvalue weighted by Gasteiger charge is -2.28. The number of nitrogens with one attached hydrogen (secondary N) is 3. The molecule has 0 amide bonds. The summed E-state index contributed by atoms with van der Waals surface area (Å²) in [5.41, 5.74) is 1.94. The van der Waals surface area contributed by atoms with E-state index in [1.807, 2.05) is 12.1 Å². The van der Waals surface area contributed by atoms with Crippen molar-refractivity contribution in [2.75, 3.05) is 85.3 Å². The van der Waals surface area contributed by atoms with Crippen LogP contribution in [0.15, 0.2) is 82.3 Å². The number of fused-ring (bicyclic) bond motifs is 2. The Bertz CT molecular complexity index is 2990. The smallest absolute Gasteiger partial charge is 0.399 e. The number of benzene rings is 4. The number of halogens is 4. The average Bonchev–Trinajstić information content (AvgIpc) is 3.33. The lowest BCUT2D eigenvalue weighted by molar-refractivity contribution is 0.157. The first-order chi connectivity index (χ1) is 35.3. The molecule has 362 valence electrons. The van der Waals surface area contributed by atoms with E-state index in [4.69, 9.17) is 31.3 Å². The molecular weight excluding hydrogens is 1020 g/mol. The van der Waals surface area contributed by atoms with Crippen LogP contribution in [-0.2, 0) is 18.8 Å². The first-order valence-electron chi connectivity index (χ1n) is 24.8. The van der Waals surface area contributed by atoms with Gasteiger partial charge in [0, 0.05) is 36.0 Å². The second-order valence-electron chi connectivity index (χ2n) is 14.8. The molecule has 0 bridgehead atoms. The number of likely N-dealkylation sites (tertiary alicyclic amines) is 1. The molecule has 4 heterocycles. The zero-order valence-electron chi connectivity index (χ0n) is 44.6. The molecule has 0 spiro atoms. The number of hydrogen-bond donors (Lipinski definition) is 3. The Balaban J connectivity index is 0.000000228. The van der Waals surface area contributed by atoms with Crippen molar-refractivity contribution in [1.29, 1.82) is 0 Å². The van der Waals surface area contributed by atoms with E-state index in [2.05, 4.69) is 76.1 Å². The van der Waals surface area contributed by atoms with E-state index in [0.717, 1.165) is 44.2 Å². The molecule has 0 aliphatic carbocycles. The van der Waals surface area contributed by atoms with Crippen LogP contribution in [0, 0.1) is 23.5 Å². The Morgan fingerprint density at radius 1 is 0.701 bits per heavy atom. The molecule has 8 rings (SSSR count). The summed E-state index contributed by atoms with van der Waals surface area (Å²) in [5, 5.41) is 10.8. The first-order valence-corrected chi connectivity index (χ1v) is 23.2. The largest absolute Gasteiger partial charge is 0.493 e. The predicted molar refractivity (Wildman–Crippen MR) is 263 cm³/mol. The summed E-state index contributed by atoms with van der Waals surface area (Å²) in [6.45, 7) is 2.15. The normalized spacial score (nSPS) is 17.0. The van der Waals surface area contributed by atoms with Gasteiger partial charge in [-0.2, -0.15) is 8.42 Å². The molecule has 21 heteroatoms. The minimum Gasteiger partial charge on any atom is -0.493 e. The highest BCUT2D eigenvalue weighted by Crippen LogP contribution is 2.37. The summed E-state index contributed by atoms with van der Waals surface area (Å²) in [4.78, 5) is 18.8. The molecule has 4 aromatic carbocycles. The highest BCUT2D eigenvalue weighted by Gasteiger charge is 2.20. The van der Waals surface area contributed by atoms with E-state index < -0.39 is 37.3 Å². The second-order valence-corrected chi connectivity index (χ2v) is 17.8. The van der Waals surface area contributed by atoms with Crippen LogP contribution in [0.25, 0.3) is 21.8 Å². The van der Waals surface area contributed by atoms with Crippen LogP contribution in [0.3, 0.4) is 0 Å². The summed E-state index contributed by atoms with van der Waals surface area (Å²) in [6, 6.07) is 16.8. The maximum Gasteiger partial charge on any atom is 0.399 e. The van der Waals surface area contributed by atoms with Gasteiger partial charge < -0.3 is 39.8 Å². The first kappa shape index (κ1) is 41.0. The SMILES string of the molecule is C.COc1cc2c(Nc3ccc(Br)cc3F)ncnc2cc1OCC1CCNCC1.[2H]C([2H])([2H])N1CCC(COc2cc3ncnc(Nc4ccc(Br)cc4F)c3cc2OC)CC1.[2H]C([2H])([2H])OS(=O)(=O)OC([2H])([2H])[2H]. The summed E-state index contributed by atoms with van der Waals surface area (Å²) in [6.07, 6.45) is 6.56. The Morgan fingerprint density at radius 2 is 1.16 bits per heavy atom. The Hall–Kier alpha value is -5.03. The molecule has 2 aliphatic rings. The number of hydrogen-bond acceptors (Lipinski definition) is 16. The van der Waals surface area contributed by atoms with Gasteiger partial charge in [0.25, 0.3) is 0 Å². The van der Waals surface area contributed by atoms with E-state index in [1.165, 1.54) is 29.7 Å². The van der Waals surface area contributed by atoms with Gasteiger partial charge in [0.2, 0.25) is 0 Å². The van der Waals surface area contributed by atoms with Crippen molar-refractivity contribution in [2.24, 2.45) is 11.8 Å². The van der Waals surface area contributed by atoms with Crippen molar-refractivity contribution in [2.45, 2.75) is 33.1 Å². The van der Waals surface area contributed by atoms with Gasteiger partial charge in [-0.05, 0) is 119 Å². The Labute approximate surface area is 419 Å². The highest BCUT2D eigenvalue weighted by molar-refractivity contribution is 9.10. The van der Waals surface area contributed by atoms with Crippen LogP contribution < -0.4 is 34.9 Å². The fraction of sp³-hybridized carbons (Fsp3) is 0.391. The van der Waals surface area contributed by atoms with Gasteiger partial charge in [-0.1, -0.05) is 39.3 Å². The topological polar surface area (TPSA) is 180 Å². The summed E-state index contributed by atoms with van der Waals surface area (Å²) >= 11 is 6.52. The number of nitrogens with zero attached hydrogens (tertiary/aromatic N) is 5. The van der Waals surface area contributed by atoms with E-state index in [-0.39, 0.29) is 19.2 Å². The third kappa shape index (κ3) is 15.0. The van der Waals surface area contributed by atoms with Crippen LogP contribution in [0.5, 0.6) is 23.0 Å². The van der Waals surface area contributed by atoms with Crippen molar-refractivity contribution in [3.8, 4) is 23.0 Å². The summed E-state index contributed by atoms with van der Waals surface area (Å²) in [7, 11) is -8.39. The number of anilines is 4. The third-order valence-corrected chi connectivity index (χ3v) is 11.8. The minimum absolute atomic E-state index is 0. The fourth-order valence-electron chi connectivity index (χ4n) is 6.89. The molecule has 0 radical (unpaired) electrons. The summed E-state index contributed by atoms with van der Waals surface area (Å²) < 4.78 is 142. The Kier molecular flexibility index (Phi) is 15.5. The van der Waals surface area contributed by atoms with Crippen LogP contribution >= 0.6 is 31.9 Å². The molecular formula is C46H56Br2F2N8O8S. The average molecular weight is 1090 g/mol. The van der Waals surface area contributed by atoms with Gasteiger partial charge in [0.1, 0.15) is 35.9 Å². The van der Waals surface area contributed by atoms with Crippen molar-refractivity contribution < 1.29 is 56.8 Å². The molecule has 2 aliphatic heterocycles.